The van der Waals surface area contributed by atoms with Crippen molar-refractivity contribution in [3.63, 3.8) is 0 Å². The lowest BCUT2D eigenvalue weighted by molar-refractivity contribution is 0.0956. The van der Waals surface area contributed by atoms with E-state index >= 15 is 0 Å². The van der Waals surface area contributed by atoms with E-state index in [-0.39, 0.29) is 5.91 Å². The van der Waals surface area contributed by atoms with Crippen molar-refractivity contribution < 1.29 is 4.79 Å². The number of nitrogens with two attached hydrogens (primary N) is 1. The number of fused-ring (bicyclic) bond motifs is 1. The zero-order valence-electron chi connectivity index (χ0n) is 11.1. The maximum atomic E-state index is 12.3. The van der Waals surface area contributed by atoms with Crippen molar-refractivity contribution in [2.75, 3.05) is 5.73 Å². The van der Waals surface area contributed by atoms with Crippen LogP contribution in [0, 0.1) is 0 Å². The molecule has 1 amide bonds. The van der Waals surface area contributed by atoms with E-state index in [1.165, 1.54) is 11.3 Å². The number of halogens is 1. The van der Waals surface area contributed by atoms with Crippen molar-refractivity contribution in [2.24, 2.45) is 0 Å². The monoisotopic (exact) mass is 360 g/mol. The average Bonchev–Trinajstić information content (AvgIpc) is 2.84. The highest BCUT2D eigenvalue weighted by molar-refractivity contribution is 9.10. The summed E-state index contributed by atoms with van der Waals surface area (Å²) >= 11 is 4.90. The lowest BCUT2D eigenvalue weighted by Gasteiger charge is -2.04. The molecule has 2 aromatic carbocycles. The number of hydrogen-bond donors (Lipinski definition) is 2. The Bertz CT molecular complexity index is 799. The van der Waals surface area contributed by atoms with Crippen molar-refractivity contribution in [3.05, 3.63) is 63.4 Å². The number of anilines is 1. The van der Waals surface area contributed by atoms with Gasteiger partial charge in [0.15, 0.2) is 0 Å². The summed E-state index contributed by atoms with van der Waals surface area (Å²) in [5.74, 6) is -0.135. The number of amides is 1. The summed E-state index contributed by atoms with van der Waals surface area (Å²) in [6.07, 6.45) is 0. The Hall–Kier alpha value is -1.85. The smallest absolute Gasteiger partial charge is 0.263 e. The molecule has 0 aliphatic heterocycles. The predicted octanol–water partition coefficient (Wildman–Crippen LogP) is 4.18. The van der Waals surface area contributed by atoms with Gasteiger partial charge < -0.3 is 11.1 Å². The van der Waals surface area contributed by atoms with Gasteiger partial charge in [0.1, 0.15) is 4.88 Å². The van der Waals surface area contributed by atoms with Gasteiger partial charge in [0.25, 0.3) is 5.91 Å². The Kier molecular flexibility index (Phi) is 3.94. The van der Waals surface area contributed by atoms with Gasteiger partial charge in [-0.15, -0.1) is 11.3 Å². The van der Waals surface area contributed by atoms with Crippen LogP contribution in [-0.2, 0) is 6.54 Å². The van der Waals surface area contributed by atoms with E-state index in [0.717, 1.165) is 20.1 Å². The standard InChI is InChI=1S/C16H13BrN2OS/c17-11-7-4-8-12-13(11)14(18)15(21-12)16(20)19-9-10-5-2-1-3-6-10/h1-8H,9,18H2,(H,19,20). The van der Waals surface area contributed by atoms with E-state index in [1.807, 2.05) is 48.5 Å². The zero-order chi connectivity index (χ0) is 14.8. The van der Waals surface area contributed by atoms with Crippen molar-refractivity contribution in [1.29, 1.82) is 0 Å². The molecule has 3 N–H and O–H groups in total. The summed E-state index contributed by atoms with van der Waals surface area (Å²) in [6.45, 7) is 0.495. The summed E-state index contributed by atoms with van der Waals surface area (Å²) in [7, 11) is 0. The van der Waals surface area contributed by atoms with Crippen LogP contribution in [0.15, 0.2) is 53.0 Å². The van der Waals surface area contributed by atoms with Crippen LogP contribution in [0.2, 0.25) is 0 Å². The predicted molar refractivity (Wildman–Crippen MR) is 91.5 cm³/mol. The third-order valence-electron chi connectivity index (χ3n) is 3.20. The van der Waals surface area contributed by atoms with Gasteiger partial charge in [-0.2, -0.15) is 0 Å². The molecule has 0 atom stereocenters. The SMILES string of the molecule is Nc1c(C(=O)NCc2ccccc2)sc2cccc(Br)c12. The average molecular weight is 361 g/mol. The van der Waals surface area contributed by atoms with E-state index in [9.17, 15) is 4.79 Å². The first-order valence-corrected chi connectivity index (χ1v) is 8.06. The molecule has 1 heterocycles. The molecular weight excluding hydrogens is 348 g/mol. The third-order valence-corrected chi connectivity index (χ3v) is 5.03. The first-order valence-electron chi connectivity index (χ1n) is 6.45. The lowest BCUT2D eigenvalue weighted by atomic mass is 10.2. The second kappa shape index (κ2) is 5.87. The fraction of sp³-hybridized carbons (Fsp3) is 0.0625. The van der Waals surface area contributed by atoms with E-state index in [1.54, 1.807) is 0 Å². The van der Waals surface area contributed by atoms with Gasteiger partial charge in [-0.05, 0) is 17.7 Å². The summed E-state index contributed by atoms with van der Waals surface area (Å²) in [5.41, 5.74) is 7.73. The number of nitrogen functional groups attached to an aromatic ring is 1. The molecule has 0 spiro atoms. The fourth-order valence-electron chi connectivity index (χ4n) is 2.16. The quantitative estimate of drug-likeness (QED) is 0.736. The molecule has 21 heavy (non-hydrogen) atoms. The van der Waals surface area contributed by atoms with Crippen LogP contribution >= 0.6 is 27.3 Å². The lowest BCUT2D eigenvalue weighted by Crippen LogP contribution is -2.22. The van der Waals surface area contributed by atoms with Crippen LogP contribution < -0.4 is 11.1 Å². The first-order chi connectivity index (χ1) is 10.2. The van der Waals surface area contributed by atoms with E-state index in [2.05, 4.69) is 21.2 Å². The van der Waals surface area contributed by atoms with Crippen LogP contribution in [0.4, 0.5) is 5.69 Å². The number of benzene rings is 2. The topological polar surface area (TPSA) is 55.1 Å². The highest BCUT2D eigenvalue weighted by Gasteiger charge is 2.17. The normalized spacial score (nSPS) is 10.7. The highest BCUT2D eigenvalue weighted by Crippen LogP contribution is 2.38. The number of carbonyl (C=O) groups is 1. The minimum Gasteiger partial charge on any atom is -0.397 e. The molecule has 0 unspecified atom stereocenters. The Labute approximate surface area is 134 Å². The molecule has 1 aromatic heterocycles. The number of rotatable bonds is 3. The Morgan fingerprint density at radius 3 is 2.62 bits per heavy atom. The van der Waals surface area contributed by atoms with Crippen LogP contribution in [0.5, 0.6) is 0 Å². The molecule has 3 nitrogen and oxygen atoms in total. The fourth-order valence-corrected chi connectivity index (χ4v) is 3.93. The molecule has 0 radical (unpaired) electrons. The van der Waals surface area contributed by atoms with Gasteiger partial charge in [-0.3, -0.25) is 4.79 Å². The number of thiophene rings is 1. The number of hydrogen-bond acceptors (Lipinski definition) is 3. The molecule has 0 aliphatic rings. The highest BCUT2D eigenvalue weighted by atomic mass is 79.9. The third kappa shape index (κ3) is 2.80. The molecule has 0 saturated carbocycles. The van der Waals surface area contributed by atoms with E-state index in [4.69, 9.17) is 5.73 Å². The molecule has 3 rings (SSSR count). The van der Waals surface area contributed by atoms with Gasteiger partial charge in [0, 0.05) is 21.1 Å². The van der Waals surface area contributed by atoms with Gasteiger partial charge in [-0.25, -0.2) is 0 Å². The second-order valence-corrected chi connectivity index (χ2v) is 6.53. The Balaban J connectivity index is 1.85. The van der Waals surface area contributed by atoms with Crippen molar-refractivity contribution in [3.8, 4) is 0 Å². The van der Waals surface area contributed by atoms with Crippen LogP contribution in [-0.4, -0.2) is 5.91 Å². The molecular formula is C16H13BrN2OS. The minimum absolute atomic E-state index is 0.135. The Morgan fingerprint density at radius 2 is 1.90 bits per heavy atom. The second-order valence-electron chi connectivity index (χ2n) is 4.63. The van der Waals surface area contributed by atoms with Gasteiger partial charge in [-0.1, -0.05) is 52.3 Å². The van der Waals surface area contributed by atoms with Gasteiger partial charge in [0.2, 0.25) is 0 Å². The molecule has 5 heteroatoms. The van der Waals surface area contributed by atoms with Crippen molar-refractivity contribution >= 4 is 48.9 Å². The van der Waals surface area contributed by atoms with Crippen LogP contribution in [0.1, 0.15) is 15.2 Å². The zero-order valence-corrected chi connectivity index (χ0v) is 13.5. The van der Waals surface area contributed by atoms with E-state index < -0.39 is 0 Å². The largest absolute Gasteiger partial charge is 0.397 e. The summed E-state index contributed by atoms with van der Waals surface area (Å²) in [4.78, 5) is 12.9. The van der Waals surface area contributed by atoms with Crippen LogP contribution in [0.25, 0.3) is 10.1 Å². The number of nitrogens with one attached hydrogen (secondary N) is 1. The summed E-state index contributed by atoms with van der Waals surface area (Å²) < 4.78 is 1.92. The van der Waals surface area contributed by atoms with Crippen molar-refractivity contribution in [1.82, 2.24) is 5.32 Å². The molecule has 0 fully saturated rings. The Morgan fingerprint density at radius 1 is 1.14 bits per heavy atom. The minimum atomic E-state index is -0.135. The van der Waals surface area contributed by atoms with Gasteiger partial charge >= 0.3 is 0 Å². The molecule has 0 bridgehead atoms. The van der Waals surface area contributed by atoms with Crippen LogP contribution in [0.3, 0.4) is 0 Å². The summed E-state index contributed by atoms with van der Waals surface area (Å²) in [5, 5.41) is 3.82. The molecule has 106 valence electrons. The van der Waals surface area contributed by atoms with Gasteiger partial charge in [0.05, 0.1) is 5.69 Å². The first kappa shape index (κ1) is 14.1. The molecule has 0 aliphatic carbocycles. The summed E-state index contributed by atoms with van der Waals surface area (Å²) in [6, 6.07) is 15.6. The van der Waals surface area contributed by atoms with E-state index in [0.29, 0.717) is 17.1 Å². The maximum Gasteiger partial charge on any atom is 0.263 e. The number of carbonyl (C=O) groups excluding carboxylic acids is 1. The maximum absolute atomic E-state index is 12.3. The van der Waals surface area contributed by atoms with Crippen molar-refractivity contribution in [2.45, 2.75) is 6.54 Å². The molecule has 0 saturated heterocycles. The molecule has 3 aromatic rings.